The summed E-state index contributed by atoms with van der Waals surface area (Å²) in [5, 5.41) is 3.35. The third kappa shape index (κ3) is 3.59. The number of aromatic nitrogens is 3. The molecule has 5 rings (SSSR count). The molecule has 0 radical (unpaired) electrons. The Hall–Kier alpha value is -2.84. The lowest BCUT2D eigenvalue weighted by Crippen LogP contribution is -2.20. The molecule has 4 aromatic rings. The van der Waals surface area contributed by atoms with Crippen LogP contribution in [0.15, 0.2) is 34.4 Å². The quantitative estimate of drug-likeness (QED) is 0.409. The number of esters is 1. The van der Waals surface area contributed by atoms with Crippen LogP contribution in [-0.2, 0) is 30.7 Å². The number of ether oxygens (including phenoxy) is 1. The monoisotopic (exact) mass is 451 g/mol. The Labute approximate surface area is 187 Å². The number of fused-ring (bicyclic) bond motifs is 2. The van der Waals surface area contributed by atoms with E-state index in [1.807, 2.05) is 5.38 Å². The van der Waals surface area contributed by atoms with Gasteiger partial charge in [0.1, 0.15) is 27.1 Å². The molecule has 0 saturated heterocycles. The van der Waals surface area contributed by atoms with Crippen LogP contribution in [0.2, 0.25) is 0 Å². The van der Waals surface area contributed by atoms with E-state index < -0.39 is 5.97 Å². The zero-order valence-electron chi connectivity index (χ0n) is 17.3. The SMILES string of the molecule is CCc1ccc(-c2nc(COC(=O)c3sc4nc5n(c(=O)c4c3C)CCC5)cs2)cc1. The van der Waals surface area contributed by atoms with Crippen molar-refractivity contribution in [3.8, 4) is 10.6 Å². The van der Waals surface area contributed by atoms with E-state index in [4.69, 9.17) is 4.74 Å². The number of hydrogen-bond donors (Lipinski definition) is 0. The molecule has 0 aliphatic carbocycles. The van der Waals surface area contributed by atoms with Gasteiger partial charge in [-0.25, -0.2) is 14.8 Å². The van der Waals surface area contributed by atoms with E-state index in [1.54, 1.807) is 11.5 Å². The molecule has 0 bridgehead atoms. The first-order valence-corrected chi connectivity index (χ1v) is 12.0. The zero-order valence-corrected chi connectivity index (χ0v) is 18.9. The second-order valence-electron chi connectivity index (χ2n) is 7.60. The fourth-order valence-corrected chi connectivity index (χ4v) is 5.76. The van der Waals surface area contributed by atoms with Crippen LogP contribution < -0.4 is 5.56 Å². The van der Waals surface area contributed by atoms with Crippen LogP contribution in [0.1, 0.15) is 45.7 Å². The summed E-state index contributed by atoms with van der Waals surface area (Å²) in [5.74, 6) is 0.368. The first-order chi connectivity index (χ1) is 15.0. The number of nitrogens with zero attached hydrogens (tertiary/aromatic N) is 3. The minimum absolute atomic E-state index is 0.0523. The van der Waals surface area contributed by atoms with Crippen LogP contribution in [0.4, 0.5) is 0 Å². The van der Waals surface area contributed by atoms with Crippen LogP contribution in [-0.4, -0.2) is 20.5 Å². The molecule has 1 aromatic carbocycles. The summed E-state index contributed by atoms with van der Waals surface area (Å²) in [7, 11) is 0. The maximum atomic E-state index is 12.8. The highest BCUT2D eigenvalue weighted by Gasteiger charge is 2.24. The summed E-state index contributed by atoms with van der Waals surface area (Å²) in [4.78, 5) is 35.8. The molecule has 31 heavy (non-hydrogen) atoms. The van der Waals surface area contributed by atoms with Gasteiger partial charge in [-0.3, -0.25) is 9.36 Å². The largest absolute Gasteiger partial charge is 0.455 e. The minimum atomic E-state index is -0.438. The fourth-order valence-electron chi connectivity index (χ4n) is 3.86. The molecule has 0 N–H and O–H groups in total. The molecular weight excluding hydrogens is 430 g/mol. The number of rotatable bonds is 5. The van der Waals surface area contributed by atoms with Gasteiger partial charge in [-0.15, -0.1) is 22.7 Å². The first-order valence-electron chi connectivity index (χ1n) is 10.3. The standard InChI is InChI=1S/C23H21N3O3S2/c1-3-14-6-8-15(9-7-14)20-24-16(12-30-20)11-29-23(28)19-13(2)18-21(31-19)25-17-5-4-10-26(17)22(18)27/h6-9,12H,3-5,10-11H2,1-2H3. The van der Waals surface area contributed by atoms with Crippen molar-refractivity contribution in [3.05, 3.63) is 67.5 Å². The highest BCUT2D eigenvalue weighted by molar-refractivity contribution is 7.20. The van der Waals surface area contributed by atoms with E-state index >= 15 is 0 Å². The van der Waals surface area contributed by atoms with Crippen LogP contribution in [0.25, 0.3) is 20.8 Å². The lowest BCUT2D eigenvalue weighted by atomic mass is 10.1. The highest BCUT2D eigenvalue weighted by Crippen LogP contribution is 2.30. The third-order valence-corrected chi connectivity index (χ3v) is 7.71. The Bertz CT molecular complexity index is 1350. The Morgan fingerprint density at radius 1 is 1.23 bits per heavy atom. The first kappa shape index (κ1) is 20.1. The normalized spacial score (nSPS) is 13.0. The summed E-state index contributed by atoms with van der Waals surface area (Å²) in [6, 6.07) is 8.34. The van der Waals surface area contributed by atoms with Gasteiger partial charge in [0.15, 0.2) is 0 Å². The Morgan fingerprint density at radius 3 is 2.81 bits per heavy atom. The number of carbonyl (C=O) groups excluding carboxylic acids is 1. The van der Waals surface area contributed by atoms with Crippen LogP contribution in [0.3, 0.4) is 0 Å². The zero-order chi connectivity index (χ0) is 21.5. The number of aryl methyl sites for hydroxylation is 3. The summed E-state index contributed by atoms with van der Waals surface area (Å²) < 4.78 is 7.25. The smallest absolute Gasteiger partial charge is 0.349 e. The predicted octanol–water partition coefficient (Wildman–Crippen LogP) is 4.76. The maximum Gasteiger partial charge on any atom is 0.349 e. The number of hydrogen-bond acceptors (Lipinski definition) is 7. The van der Waals surface area contributed by atoms with Crippen molar-refractivity contribution in [2.24, 2.45) is 0 Å². The summed E-state index contributed by atoms with van der Waals surface area (Å²) in [5.41, 5.74) is 3.65. The molecule has 6 nitrogen and oxygen atoms in total. The van der Waals surface area contributed by atoms with E-state index in [0.29, 0.717) is 32.9 Å². The average Bonchev–Trinajstić information content (AvgIpc) is 3.51. The van der Waals surface area contributed by atoms with Crippen molar-refractivity contribution < 1.29 is 9.53 Å². The van der Waals surface area contributed by atoms with E-state index in [-0.39, 0.29) is 12.2 Å². The van der Waals surface area contributed by atoms with Gasteiger partial charge in [0, 0.05) is 23.9 Å². The molecule has 158 valence electrons. The molecule has 1 aliphatic heterocycles. The van der Waals surface area contributed by atoms with Crippen LogP contribution in [0, 0.1) is 6.92 Å². The van der Waals surface area contributed by atoms with E-state index in [0.717, 1.165) is 35.7 Å². The number of thiophene rings is 1. The Morgan fingerprint density at radius 2 is 2.03 bits per heavy atom. The van der Waals surface area contributed by atoms with Gasteiger partial charge in [0.25, 0.3) is 5.56 Å². The number of benzene rings is 1. The highest BCUT2D eigenvalue weighted by atomic mass is 32.1. The Kier molecular flexibility index (Phi) is 5.19. The van der Waals surface area contributed by atoms with Crippen LogP contribution >= 0.6 is 22.7 Å². The number of carbonyl (C=O) groups is 1. The molecule has 3 aromatic heterocycles. The summed E-state index contributed by atoms with van der Waals surface area (Å²) >= 11 is 2.77. The molecule has 0 atom stereocenters. The third-order valence-electron chi connectivity index (χ3n) is 5.61. The summed E-state index contributed by atoms with van der Waals surface area (Å²) in [6.07, 6.45) is 2.74. The predicted molar refractivity (Wildman–Crippen MR) is 123 cm³/mol. The second kappa shape index (κ2) is 8.01. The van der Waals surface area contributed by atoms with Crippen molar-refractivity contribution in [2.45, 2.75) is 46.3 Å². The molecular formula is C23H21N3O3S2. The van der Waals surface area contributed by atoms with Crippen LogP contribution in [0.5, 0.6) is 0 Å². The lowest BCUT2D eigenvalue weighted by molar-refractivity contribution is 0.0473. The maximum absolute atomic E-state index is 12.8. The van der Waals surface area contributed by atoms with Crippen molar-refractivity contribution in [2.75, 3.05) is 0 Å². The molecule has 0 unspecified atom stereocenters. The fraction of sp³-hybridized carbons (Fsp3) is 0.304. The lowest BCUT2D eigenvalue weighted by Gasteiger charge is -2.03. The van der Waals surface area contributed by atoms with Gasteiger partial charge >= 0.3 is 5.97 Å². The molecule has 0 saturated carbocycles. The Balaban J connectivity index is 1.34. The van der Waals surface area contributed by atoms with Gasteiger partial charge in [-0.05, 0) is 30.9 Å². The topological polar surface area (TPSA) is 74.1 Å². The molecule has 0 amide bonds. The molecule has 8 heteroatoms. The van der Waals surface area contributed by atoms with Gasteiger partial charge in [-0.2, -0.15) is 0 Å². The summed E-state index contributed by atoms with van der Waals surface area (Å²) in [6.45, 7) is 4.71. The van der Waals surface area contributed by atoms with Gasteiger partial charge in [-0.1, -0.05) is 31.2 Å². The van der Waals surface area contributed by atoms with Crippen molar-refractivity contribution >= 4 is 38.9 Å². The van der Waals surface area contributed by atoms with E-state index in [9.17, 15) is 9.59 Å². The number of thiazole rings is 1. The van der Waals surface area contributed by atoms with Gasteiger partial charge in [0.05, 0.1) is 11.1 Å². The van der Waals surface area contributed by atoms with Crippen molar-refractivity contribution in [3.63, 3.8) is 0 Å². The van der Waals surface area contributed by atoms with Gasteiger partial charge < -0.3 is 4.74 Å². The minimum Gasteiger partial charge on any atom is -0.455 e. The molecule has 0 spiro atoms. The average molecular weight is 452 g/mol. The van der Waals surface area contributed by atoms with Crippen molar-refractivity contribution in [1.29, 1.82) is 0 Å². The van der Waals surface area contributed by atoms with E-state index in [1.165, 1.54) is 28.2 Å². The molecule has 1 aliphatic rings. The van der Waals surface area contributed by atoms with Gasteiger partial charge in [0.2, 0.25) is 0 Å². The van der Waals surface area contributed by atoms with E-state index in [2.05, 4.69) is 41.2 Å². The van der Waals surface area contributed by atoms with Crippen molar-refractivity contribution in [1.82, 2.24) is 14.5 Å². The second-order valence-corrected chi connectivity index (χ2v) is 9.45. The molecule has 4 heterocycles. The molecule has 0 fully saturated rings.